The average Bonchev–Trinajstić information content (AvgIpc) is 2.81. The summed E-state index contributed by atoms with van der Waals surface area (Å²) in [5, 5.41) is 4.29. The number of fused-ring (bicyclic) bond motifs is 1. The van der Waals surface area contributed by atoms with Gasteiger partial charge in [-0.15, -0.1) is 5.10 Å². The van der Waals surface area contributed by atoms with Crippen molar-refractivity contribution in [3.63, 3.8) is 0 Å². The van der Waals surface area contributed by atoms with Crippen molar-refractivity contribution in [1.82, 2.24) is 19.6 Å². The van der Waals surface area contributed by atoms with Gasteiger partial charge in [-0.3, -0.25) is 0 Å². The van der Waals surface area contributed by atoms with Gasteiger partial charge >= 0.3 is 5.51 Å². The zero-order chi connectivity index (χ0) is 15.9. The number of nitrogens with two attached hydrogens (primary N) is 1. The SMILES string of the molecule is Nc1nc(Cl)cc2nc(-c3cccc(SC(F)(F)F)c3)nn12. The number of benzene rings is 1. The van der Waals surface area contributed by atoms with Gasteiger partial charge in [0.05, 0.1) is 0 Å². The van der Waals surface area contributed by atoms with Crippen LogP contribution in [0.3, 0.4) is 0 Å². The number of nitrogens with zero attached hydrogens (tertiary/aromatic N) is 4. The Bertz CT molecular complexity index is 848. The summed E-state index contributed by atoms with van der Waals surface area (Å²) in [6.07, 6.45) is 0. The largest absolute Gasteiger partial charge is 0.446 e. The smallest absolute Gasteiger partial charge is 0.368 e. The van der Waals surface area contributed by atoms with E-state index in [9.17, 15) is 13.2 Å². The molecule has 0 aliphatic carbocycles. The molecule has 0 aliphatic heterocycles. The molecule has 2 heterocycles. The van der Waals surface area contributed by atoms with Crippen molar-refractivity contribution in [2.45, 2.75) is 10.4 Å². The highest BCUT2D eigenvalue weighted by Gasteiger charge is 2.29. The van der Waals surface area contributed by atoms with Gasteiger partial charge in [0.2, 0.25) is 5.95 Å². The maximum atomic E-state index is 12.4. The Kier molecular flexibility index (Phi) is 3.61. The first-order valence-corrected chi connectivity index (χ1v) is 7.06. The lowest BCUT2D eigenvalue weighted by Crippen LogP contribution is -2.01. The maximum absolute atomic E-state index is 12.4. The summed E-state index contributed by atoms with van der Waals surface area (Å²) in [5.41, 5.74) is 2.12. The van der Waals surface area contributed by atoms with Crippen LogP contribution in [0.4, 0.5) is 19.1 Å². The lowest BCUT2D eigenvalue weighted by Gasteiger charge is -2.05. The predicted octanol–water partition coefficient (Wildman–Crippen LogP) is 3.64. The Morgan fingerprint density at radius 3 is 2.68 bits per heavy atom. The predicted molar refractivity (Wildman–Crippen MR) is 77.6 cm³/mol. The number of hydrogen-bond donors (Lipinski definition) is 1. The Labute approximate surface area is 131 Å². The van der Waals surface area contributed by atoms with E-state index in [0.29, 0.717) is 11.2 Å². The number of anilines is 1. The highest BCUT2D eigenvalue weighted by molar-refractivity contribution is 8.00. The van der Waals surface area contributed by atoms with Crippen LogP contribution in [0, 0.1) is 0 Å². The number of rotatable bonds is 2. The summed E-state index contributed by atoms with van der Waals surface area (Å²) in [6, 6.07) is 7.30. The van der Waals surface area contributed by atoms with E-state index < -0.39 is 5.51 Å². The number of halogens is 4. The van der Waals surface area contributed by atoms with Crippen molar-refractivity contribution in [3.05, 3.63) is 35.5 Å². The summed E-state index contributed by atoms with van der Waals surface area (Å²) in [5.74, 6) is 0.280. The van der Waals surface area contributed by atoms with E-state index in [1.165, 1.54) is 28.8 Å². The van der Waals surface area contributed by atoms with Crippen LogP contribution in [0.25, 0.3) is 17.0 Å². The summed E-state index contributed by atoms with van der Waals surface area (Å²) in [7, 11) is 0. The Balaban J connectivity index is 2.04. The first-order valence-electron chi connectivity index (χ1n) is 5.87. The molecule has 0 aliphatic rings. The van der Waals surface area contributed by atoms with E-state index in [1.807, 2.05) is 0 Å². The third kappa shape index (κ3) is 3.09. The molecule has 0 saturated carbocycles. The van der Waals surface area contributed by atoms with Crippen molar-refractivity contribution < 1.29 is 13.2 Å². The number of nitrogen functional groups attached to an aromatic ring is 1. The van der Waals surface area contributed by atoms with E-state index in [2.05, 4.69) is 15.1 Å². The third-order valence-electron chi connectivity index (χ3n) is 2.64. The monoisotopic (exact) mass is 345 g/mol. The van der Waals surface area contributed by atoms with Crippen molar-refractivity contribution in [3.8, 4) is 11.4 Å². The van der Waals surface area contributed by atoms with Gasteiger partial charge in [0.25, 0.3) is 0 Å². The Morgan fingerprint density at radius 1 is 1.18 bits per heavy atom. The Hall–Kier alpha value is -2.00. The minimum Gasteiger partial charge on any atom is -0.368 e. The summed E-state index contributed by atoms with van der Waals surface area (Å²) in [6.45, 7) is 0. The molecule has 0 bridgehead atoms. The van der Waals surface area contributed by atoms with Crippen LogP contribution in [-0.4, -0.2) is 25.1 Å². The molecule has 10 heteroatoms. The van der Waals surface area contributed by atoms with Gasteiger partial charge in [-0.05, 0) is 23.9 Å². The zero-order valence-electron chi connectivity index (χ0n) is 10.7. The van der Waals surface area contributed by atoms with E-state index in [1.54, 1.807) is 6.07 Å². The van der Waals surface area contributed by atoms with Crippen LogP contribution in [0.15, 0.2) is 35.2 Å². The highest BCUT2D eigenvalue weighted by atomic mass is 35.5. The fraction of sp³-hybridized carbons (Fsp3) is 0.0833. The van der Waals surface area contributed by atoms with E-state index >= 15 is 0 Å². The quantitative estimate of drug-likeness (QED) is 0.567. The molecule has 0 saturated heterocycles. The first-order chi connectivity index (χ1) is 10.3. The van der Waals surface area contributed by atoms with Gasteiger partial charge in [-0.25, -0.2) is 9.97 Å². The second kappa shape index (κ2) is 5.33. The van der Waals surface area contributed by atoms with E-state index in [-0.39, 0.29) is 33.6 Å². The summed E-state index contributed by atoms with van der Waals surface area (Å²) < 4.78 is 38.6. The molecule has 0 spiro atoms. The minimum absolute atomic E-state index is 0.0436. The second-order valence-corrected chi connectivity index (χ2v) is 5.74. The molecule has 3 rings (SSSR count). The fourth-order valence-corrected chi connectivity index (χ4v) is 2.62. The standard InChI is InChI=1S/C12H7ClF3N5S/c13-8-5-9-19-10(20-21(9)11(17)18-8)6-2-1-3-7(4-6)22-12(14,15)16/h1-5H,(H2,17,18). The molecule has 22 heavy (non-hydrogen) atoms. The molecule has 2 aromatic heterocycles. The fourth-order valence-electron chi connectivity index (χ4n) is 1.84. The second-order valence-electron chi connectivity index (χ2n) is 4.22. The van der Waals surface area contributed by atoms with Gasteiger partial charge in [0.15, 0.2) is 11.5 Å². The van der Waals surface area contributed by atoms with Gasteiger partial charge in [-0.1, -0.05) is 23.7 Å². The van der Waals surface area contributed by atoms with Crippen LogP contribution < -0.4 is 5.73 Å². The average molecular weight is 346 g/mol. The van der Waals surface area contributed by atoms with Gasteiger partial charge in [-0.2, -0.15) is 17.7 Å². The lowest BCUT2D eigenvalue weighted by molar-refractivity contribution is -0.0328. The normalized spacial score (nSPS) is 12.0. The molecule has 5 nitrogen and oxygen atoms in total. The van der Waals surface area contributed by atoms with Crippen LogP contribution in [0.1, 0.15) is 0 Å². The van der Waals surface area contributed by atoms with Crippen LogP contribution >= 0.6 is 23.4 Å². The number of aromatic nitrogens is 4. The van der Waals surface area contributed by atoms with Gasteiger partial charge < -0.3 is 5.73 Å². The molecule has 0 radical (unpaired) electrons. The van der Waals surface area contributed by atoms with Gasteiger partial charge in [0.1, 0.15) is 5.15 Å². The molecule has 0 amide bonds. The van der Waals surface area contributed by atoms with Crippen molar-refractivity contribution in [2.75, 3.05) is 5.73 Å². The lowest BCUT2D eigenvalue weighted by atomic mass is 10.2. The number of thioether (sulfide) groups is 1. The minimum atomic E-state index is -4.35. The highest BCUT2D eigenvalue weighted by Crippen LogP contribution is 2.37. The van der Waals surface area contributed by atoms with Crippen LogP contribution in [-0.2, 0) is 0 Å². The Morgan fingerprint density at radius 2 is 1.95 bits per heavy atom. The molecule has 0 fully saturated rings. The molecule has 1 aromatic carbocycles. The molecule has 3 aromatic rings. The van der Waals surface area contributed by atoms with Crippen molar-refractivity contribution in [2.24, 2.45) is 0 Å². The summed E-state index contributed by atoms with van der Waals surface area (Å²) >= 11 is 5.58. The zero-order valence-corrected chi connectivity index (χ0v) is 12.2. The maximum Gasteiger partial charge on any atom is 0.446 e. The number of alkyl halides is 3. The van der Waals surface area contributed by atoms with Gasteiger partial charge in [0, 0.05) is 16.5 Å². The molecule has 0 atom stereocenters. The van der Waals surface area contributed by atoms with E-state index in [4.69, 9.17) is 17.3 Å². The van der Waals surface area contributed by atoms with E-state index in [0.717, 1.165) is 0 Å². The first kappa shape index (κ1) is 14.9. The molecule has 0 unspecified atom stereocenters. The molecule has 114 valence electrons. The molecular formula is C12H7ClF3N5S. The van der Waals surface area contributed by atoms with Crippen LogP contribution in [0.2, 0.25) is 5.15 Å². The molecular weight excluding hydrogens is 339 g/mol. The third-order valence-corrected chi connectivity index (χ3v) is 3.56. The topological polar surface area (TPSA) is 69.1 Å². The van der Waals surface area contributed by atoms with Crippen molar-refractivity contribution in [1.29, 1.82) is 0 Å². The van der Waals surface area contributed by atoms with Crippen LogP contribution in [0.5, 0.6) is 0 Å². The van der Waals surface area contributed by atoms with Crippen molar-refractivity contribution >= 4 is 35.0 Å². The summed E-state index contributed by atoms with van der Waals surface area (Å²) in [4.78, 5) is 8.07. The number of hydrogen-bond acceptors (Lipinski definition) is 5. The molecule has 2 N–H and O–H groups in total.